The molecule has 2 fully saturated rings. The molecule has 0 unspecified atom stereocenters. The number of aromatic nitrogens is 1. The highest BCUT2D eigenvalue weighted by molar-refractivity contribution is 6.05. The molecule has 2 saturated heterocycles. The normalized spacial score (nSPS) is 17.2. The maximum atomic E-state index is 12.8. The van der Waals surface area contributed by atoms with Crippen LogP contribution in [0.25, 0.3) is 0 Å². The molecule has 0 saturated carbocycles. The van der Waals surface area contributed by atoms with Crippen LogP contribution in [0.3, 0.4) is 0 Å². The third kappa shape index (κ3) is 4.48. The molecular formula is C21H25N5O3. The number of anilines is 3. The average Bonchev–Trinajstić information content (AvgIpc) is 2.80. The van der Waals surface area contributed by atoms with Gasteiger partial charge >= 0.3 is 0 Å². The fourth-order valence-electron chi connectivity index (χ4n) is 3.62. The summed E-state index contributed by atoms with van der Waals surface area (Å²) in [7, 11) is 0. The smallest absolute Gasteiger partial charge is 0.257 e. The minimum Gasteiger partial charge on any atom is -0.378 e. The van der Waals surface area contributed by atoms with Gasteiger partial charge in [-0.2, -0.15) is 0 Å². The van der Waals surface area contributed by atoms with Crippen LogP contribution in [-0.4, -0.2) is 74.7 Å². The molecule has 0 bridgehead atoms. The Bertz CT molecular complexity index is 844. The summed E-state index contributed by atoms with van der Waals surface area (Å²) in [5, 5.41) is 3.02. The number of rotatable bonds is 5. The first-order chi connectivity index (χ1) is 14.2. The van der Waals surface area contributed by atoms with Gasteiger partial charge in [0.25, 0.3) is 5.91 Å². The first-order valence-corrected chi connectivity index (χ1v) is 9.88. The van der Waals surface area contributed by atoms with Crippen molar-refractivity contribution in [2.75, 3.05) is 67.6 Å². The van der Waals surface area contributed by atoms with E-state index in [1.807, 2.05) is 30.3 Å². The maximum Gasteiger partial charge on any atom is 0.257 e. The summed E-state index contributed by atoms with van der Waals surface area (Å²) in [4.78, 5) is 34.2. The number of pyridine rings is 1. The third-order valence-electron chi connectivity index (χ3n) is 5.30. The Hall–Kier alpha value is -3.13. The first-order valence-electron chi connectivity index (χ1n) is 9.88. The van der Waals surface area contributed by atoms with E-state index in [0.717, 1.165) is 49.8 Å². The molecule has 29 heavy (non-hydrogen) atoms. The van der Waals surface area contributed by atoms with Crippen molar-refractivity contribution < 1.29 is 14.3 Å². The molecule has 1 aromatic heterocycles. The predicted molar refractivity (Wildman–Crippen MR) is 112 cm³/mol. The number of nitrogens with one attached hydrogen (secondary N) is 1. The third-order valence-corrected chi connectivity index (χ3v) is 5.30. The molecule has 4 rings (SSSR count). The van der Waals surface area contributed by atoms with Crippen molar-refractivity contribution in [2.24, 2.45) is 0 Å². The van der Waals surface area contributed by atoms with Crippen molar-refractivity contribution in [3.05, 3.63) is 48.2 Å². The molecule has 0 atom stereocenters. The zero-order chi connectivity index (χ0) is 20.1. The number of carbonyl (C=O) groups excluding carboxylic acids is 2. The van der Waals surface area contributed by atoms with Gasteiger partial charge in [-0.1, -0.05) is 12.1 Å². The molecule has 2 aromatic rings. The van der Waals surface area contributed by atoms with Crippen molar-refractivity contribution in [2.45, 2.75) is 0 Å². The second-order valence-electron chi connectivity index (χ2n) is 7.10. The van der Waals surface area contributed by atoms with Crippen LogP contribution in [0.1, 0.15) is 10.4 Å². The largest absolute Gasteiger partial charge is 0.378 e. The van der Waals surface area contributed by atoms with E-state index in [4.69, 9.17) is 4.74 Å². The lowest BCUT2D eigenvalue weighted by Crippen LogP contribution is -2.46. The minimum atomic E-state index is -0.185. The molecular weight excluding hydrogens is 370 g/mol. The number of benzene rings is 1. The number of para-hydroxylation sites is 2. The highest BCUT2D eigenvalue weighted by atomic mass is 16.5. The van der Waals surface area contributed by atoms with Crippen LogP contribution in [0.4, 0.5) is 17.2 Å². The lowest BCUT2D eigenvalue weighted by Gasteiger charge is -2.33. The van der Waals surface area contributed by atoms with E-state index in [2.05, 4.69) is 20.1 Å². The molecule has 1 aromatic carbocycles. The minimum absolute atomic E-state index is 0.185. The van der Waals surface area contributed by atoms with Crippen molar-refractivity contribution in [1.29, 1.82) is 0 Å². The van der Waals surface area contributed by atoms with Crippen LogP contribution >= 0.6 is 0 Å². The Morgan fingerprint density at radius 3 is 2.41 bits per heavy atom. The zero-order valence-electron chi connectivity index (χ0n) is 16.3. The van der Waals surface area contributed by atoms with E-state index in [-0.39, 0.29) is 5.91 Å². The topological polar surface area (TPSA) is 78.0 Å². The fraction of sp³-hybridized carbons (Fsp3) is 0.381. The van der Waals surface area contributed by atoms with Gasteiger partial charge in [0.2, 0.25) is 6.41 Å². The second kappa shape index (κ2) is 8.91. The summed E-state index contributed by atoms with van der Waals surface area (Å²) in [6, 6.07) is 11.5. The van der Waals surface area contributed by atoms with Crippen LogP contribution in [0.15, 0.2) is 42.6 Å². The Balaban J connectivity index is 1.42. The number of morpholine rings is 1. The Labute approximate surface area is 170 Å². The Morgan fingerprint density at radius 2 is 1.72 bits per heavy atom. The molecule has 8 heteroatoms. The van der Waals surface area contributed by atoms with Crippen LogP contribution in [0.5, 0.6) is 0 Å². The van der Waals surface area contributed by atoms with Gasteiger partial charge in [-0.15, -0.1) is 0 Å². The standard InChI is InChI=1S/C21H25N5O3/c27-16-24-7-9-26(10-8-24)20-6-5-17(15-22-20)21(28)23-18-3-1-2-4-19(18)25-11-13-29-14-12-25/h1-6,15-16H,7-14H2,(H,23,28). The van der Waals surface area contributed by atoms with Gasteiger partial charge in [-0.3, -0.25) is 9.59 Å². The number of hydrogen-bond donors (Lipinski definition) is 1. The van der Waals surface area contributed by atoms with E-state index in [0.29, 0.717) is 31.9 Å². The second-order valence-corrected chi connectivity index (χ2v) is 7.10. The fourth-order valence-corrected chi connectivity index (χ4v) is 3.62. The SMILES string of the molecule is O=CN1CCN(c2ccc(C(=O)Nc3ccccc3N3CCOCC3)cn2)CC1. The zero-order valence-corrected chi connectivity index (χ0v) is 16.3. The summed E-state index contributed by atoms with van der Waals surface area (Å²) in [5.74, 6) is 0.636. The van der Waals surface area contributed by atoms with E-state index >= 15 is 0 Å². The molecule has 0 aliphatic carbocycles. The van der Waals surface area contributed by atoms with Gasteiger partial charge in [-0.25, -0.2) is 4.98 Å². The average molecular weight is 395 g/mol. The lowest BCUT2D eigenvalue weighted by molar-refractivity contribution is -0.118. The van der Waals surface area contributed by atoms with Gasteiger partial charge < -0.3 is 24.8 Å². The number of piperazine rings is 1. The summed E-state index contributed by atoms with van der Waals surface area (Å²) in [6.45, 7) is 5.84. The molecule has 2 amide bonds. The van der Waals surface area contributed by atoms with Gasteiger partial charge in [0.05, 0.1) is 30.2 Å². The summed E-state index contributed by atoms with van der Waals surface area (Å²) < 4.78 is 5.42. The Kier molecular flexibility index (Phi) is 5.90. The van der Waals surface area contributed by atoms with Gasteiger partial charge in [0, 0.05) is 45.5 Å². The van der Waals surface area contributed by atoms with Crippen LogP contribution in [-0.2, 0) is 9.53 Å². The van der Waals surface area contributed by atoms with Crippen molar-refractivity contribution >= 4 is 29.5 Å². The summed E-state index contributed by atoms with van der Waals surface area (Å²) in [6.07, 6.45) is 2.49. The highest BCUT2D eigenvalue weighted by Gasteiger charge is 2.18. The van der Waals surface area contributed by atoms with Crippen molar-refractivity contribution in [3.63, 3.8) is 0 Å². The predicted octanol–water partition coefficient (Wildman–Crippen LogP) is 1.45. The summed E-state index contributed by atoms with van der Waals surface area (Å²) in [5.41, 5.74) is 2.30. The van der Waals surface area contributed by atoms with Crippen molar-refractivity contribution in [3.8, 4) is 0 Å². The van der Waals surface area contributed by atoms with Crippen LogP contribution in [0.2, 0.25) is 0 Å². The number of hydrogen-bond acceptors (Lipinski definition) is 6. The van der Waals surface area contributed by atoms with Crippen LogP contribution < -0.4 is 15.1 Å². The van der Waals surface area contributed by atoms with Gasteiger partial charge in [-0.05, 0) is 24.3 Å². The number of ether oxygens (including phenoxy) is 1. The molecule has 1 N–H and O–H groups in total. The van der Waals surface area contributed by atoms with E-state index < -0.39 is 0 Å². The first kappa shape index (κ1) is 19.2. The highest BCUT2D eigenvalue weighted by Crippen LogP contribution is 2.27. The quantitative estimate of drug-likeness (QED) is 0.772. The molecule has 2 aliphatic heterocycles. The molecule has 0 spiro atoms. The van der Waals surface area contributed by atoms with E-state index in [1.54, 1.807) is 17.2 Å². The molecule has 8 nitrogen and oxygen atoms in total. The summed E-state index contributed by atoms with van der Waals surface area (Å²) >= 11 is 0. The number of nitrogens with zero attached hydrogens (tertiary/aromatic N) is 4. The molecule has 0 radical (unpaired) electrons. The van der Waals surface area contributed by atoms with E-state index in [9.17, 15) is 9.59 Å². The number of amides is 2. The molecule has 3 heterocycles. The van der Waals surface area contributed by atoms with Gasteiger partial charge in [0.15, 0.2) is 0 Å². The lowest BCUT2D eigenvalue weighted by atomic mass is 10.2. The maximum absolute atomic E-state index is 12.8. The number of carbonyl (C=O) groups is 2. The van der Waals surface area contributed by atoms with E-state index in [1.165, 1.54) is 0 Å². The monoisotopic (exact) mass is 395 g/mol. The van der Waals surface area contributed by atoms with Crippen molar-refractivity contribution in [1.82, 2.24) is 9.88 Å². The Morgan fingerprint density at radius 1 is 0.966 bits per heavy atom. The van der Waals surface area contributed by atoms with Gasteiger partial charge in [0.1, 0.15) is 5.82 Å². The van der Waals surface area contributed by atoms with Crippen LogP contribution in [0, 0.1) is 0 Å². The molecule has 152 valence electrons. The molecule has 2 aliphatic rings.